The molecule has 0 unspecified atom stereocenters. The maximum absolute atomic E-state index is 13.3. The van der Waals surface area contributed by atoms with Gasteiger partial charge in [0.1, 0.15) is 0 Å². The van der Waals surface area contributed by atoms with Crippen molar-refractivity contribution < 1.29 is 21.6 Å². The molecule has 0 aromatic heterocycles. The van der Waals surface area contributed by atoms with Crippen LogP contribution in [0.1, 0.15) is 44.6 Å². The van der Waals surface area contributed by atoms with Crippen LogP contribution in [0, 0.1) is 0 Å². The predicted molar refractivity (Wildman–Crippen MR) is 100 cm³/mol. The molecule has 8 heteroatoms. The van der Waals surface area contributed by atoms with E-state index in [-0.39, 0.29) is 29.0 Å². The zero-order valence-corrected chi connectivity index (χ0v) is 16.9. The van der Waals surface area contributed by atoms with Crippen molar-refractivity contribution in [2.75, 3.05) is 24.7 Å². The molecule has 0 bridgehead atoms. The van der Waals surface area contributed by atoms with Gasteiger partial charge in [0.05, 0.1) is 22.5 Å². The standard InChI is InChI=1S/C18H27NO5S2/c1-14(2)15-5-7-18(8-6-15)26(22,23)19(12-17-4-3-10-24-17)16-9-11-25(20,21)13-16/h5-8,14,16-17H,3-4,9-13H2,1-2H3/t16-,17-/m1/s1. The van der Waals surface area contributed by atoms with Gasteiger partial charge in [-0.15, -0.1) is 0 Å². The van der Waals surface area contributed by atoms with Gasteiger partial charge in [-0.2, -0.15) is 4.31 Å². The summed E-state index contributed by atoms with van der Waals surface area (Å²) in [7, 11) is -6.96. The lowest BCUT2D eigenvalue weighted by molar-refractivity contribution is 0.0877. The molecule has 0 radical (unpaired) electrons. The van der Waals surface area contributed by atoms with Gasteiger partial charge in [0.25, 0.3) is 0 Å². The van der Waals surface area contributed by atoms with E-state index in [4.69, 9.17) is 4.74 Å². The third-order valence-corrected chi connectivity index (χ3v) is 8.86. The number of sulfonamides is 1. The second-order valence-electron chi connectivity index (χ2n) is 7.49. The molecule has 0 saturated carbocycles. The highest BCUT2D eigenvalue weighted by Gasteiger charge is 2.40. The summed E-state index contributed by atoms with van der Waals surface area (Å²) in [4.78, 5) is 0.212. The van der Waals surface area contributed by atoms with Gasteiger partial charge in [0.15, 0.2) is 9.84 Å². The molecule has 2 heterocycles. The van der Waals surface area contributed by atoms with E-state index in [9.17, 15) is 16.8 Å². The van der Waals surface area contributed by atoms with Crippen molar-refractivity contribution in [2.24, 2.45) is 0 Å². The number of hydrogen-bond donors (Lipinski definition) is 0. The van der Waals surface area contributed by atoms with Gasteiger partial charge in [-0.25, -0.2) is 16.8 Å². The molecule has 2 fully saturated rings. The van der Waals surface area contributed by atoms with E-state index >= 15 is 0 Å². The topological polar surface area (TPSA) is 80.8 Å². The third kappa shape index (κ3) is 4.30. The molecule has 2 atom stereocenters. The molecule has 1 aromatic carbocycles. The maximum Gasteiger partial charge on any atom is 0.243 e. The molecular formula is C18H27NO5S2. The van der Waals surface area contributed by atoms with Crippen LogP contribution < -0.4 is 0 Å². The van der Waals surface area contributed by atoms with Gasteiger partial charge < -0.3 is 4.74 Å². The summed E-state index contributed by atoms with van der Waals surface area (Å²) in [6, 6.07) is 6.38. The molecule has 0 spiro atoms. The number of rotatable bonds is 6. The monoisotopic (exact) mass is 401 g/mol. The lowest BCUT2D eigenvalue weighted by Crippen LogP contribution is -2.45. The van der Waals surface area contributed by atoms with Crippen molar-refractivity contribution in [3.05, 3.63) is 29.8 Å². The SMILES string of the molecule is CC(C)c1ccc(S(=O)(=O)N(C[C@H]2CCCO2)[C@@H]2CCS(=O)(=O)C2)cc1. The Kier molecular flexibility index (Phi) is 5.77. The van der Waals surface area contributed by atoms with Crippen LogP contribution in [-0.4, -0.2) is 57.9 Å². The van der Waals surface area contributed by atoms with Crippen molar-refractivity contribution in [1.82, 2.24) is 4.31 Å². The van der Waals surface area contributed by atoms with Crippen LogP contribution in [0.4, 0.5) is 0 Å². The molecule has 26 heavy (non-hydrogen) atoms. The molecule has 0 N–H and O–H groups in total. The smallest absolute Gasteiger partial charge is 0.243 e. The average molecular weight is 402 g/mol. The fourth-order valence-corrected chi connectivity index (χ4v) is 7.11. The van der Waals surface area contributed by atoms with E-state index in [1.54, 1.807) is 12.1 Å². The van der Waals surface area contributed by atoms with Crippen LogP contribution >= 0.6 is 0 Å². The summed E-state index contributed by atoms with van der Waals surface area (Å²) >= 11 is 0. The first-order valence-electron chi connectivity index (χ1n) is 9.13. The van der Waals surface area contributed by atoms with Crippen molar-refractivity contribution in [2.45, 2.75) is 56.1 Å². The van der Waals surface area contributed by atoms with E-state index in [0.29, 0.717) is 18.9 Å². The number of sulfone groups is 1. The first kappa shape index (κ1) is 19.8. The molecule has 2 aliphatic heterocycles. The predicted octanol–water partition coefficient (Wildman–Crippen LogP) is 2.17. The van der Waals surface area contributed by atoms with Crippen LogP contribution in [0.15, 0.2) is 29.2 Å². The molecule has 146 valence electrons. The minimum absolute atomic E-state index is 0.0432. The van der Waals surface area contributed by atoms with Crippen molar-refractivity contribution in [3.63, 3.8) is 0 Å². The summed E-state index contributed by atoms with van der Waals surface area (Å²) < 4.78 is 57.4. The number of hydrogen-bond acceptors (Lipinski definition) is 5. The molecular weight excluding hydrogens is 374 g/mol. The van der Waals surface area contributed by atoms with Crippen LogP contribution in [0.5, 0.6) is 0 Å². The first-order chi connectivity index (χ1) is 12.2. The van der Waals surface area contributed by atoms with E-state index in [1.165, 1.54) is 4.31 Å². The number of nitrogens with zero attached hydrogens (tertiary/aromatic N) is 1. The zero-order chi connectivity index (χ0) is 18.9. The molecule has 6 nitrogen and oxygen atoms in total. The second-order valence-corrected chi connectivity index (χ2v) is 11.6. The van der Waals surface area contributed by atoms with Gasteiger partial charge in [-0.1, -0.05) is 26.0 Å². The van der Waals surface area contributed by atoms with Gasteiger partial charge in [-0.3, -0.25) is 0 Å². The lowest BCUT2D eigenvalue weighted by Gasteiger charge is -2.29. The third-order valence-electron chi connectivity index (χ3n) is 5.18. The first-order valence-corrected chi connectivity index (χ1v) is 12.4. The van der Waals surface area contributed by atoms with Gasteiger partial charge in [0.2, 0.25) is 10.0 Å². The number of benzene rings is 1. The molecule has 2 aliphatic rings. The maximum atomic E-state index is 13.3. The Morgan fingerprint density at radius 1 is 1.19 bits per heavy atom. The normalized spacial score (nSPS) is 26.0. The highest BCUT2D eigenvalue weighted by atomic mass is 32.2. The summed E-state index contributed by atoms with van der Waals surface area (Å²) in [5.41, 5.74) is 1.07. The zero-order valence-electron chi connectivity index (χ0n) is 15.3. The number of ether oxygens (including phenoxy) is 1. The van der Waals surface area contributed by atoms with Crippen molar-refractivity contribution >= 4 is 19.9 Å². The Morgan fingerprint density at radius 3 is 2.38 bits per heavy atom. The van der Waals surface area contributed by atoms with Crippen LogP contribution in [0.25, 0.3) is 0 Å². The van der Waals surface area contributed by atoms with Gasteiger partial charge >= 0.3 is 0 Å². The lowest BCUT2D eigenvalue weighted by atomic mass is 10.0. The minimum atomic E-state index is -3.78. The fourth-order valence-electron chi connectivity index (χ4n) is 3.60. The quantitative estimate of drug-likeness (QED) is 0.730. The van der Waals surface area contributed by atoms with E-state index in [0.717, 1.165) is 18.4 Å². The fraction of sp³-hybridized carbons (Fsp3) is 0.667. The highest BCUT2D eigenvalue weighted by molar-refractivity contribution is 7.92. The summed E-state index contributed by atoms with van der Waals surface area (Å²) in [6.07, 6.45) is 1.89. The highest BCUT2D eigenvalue weighted by Crippen LogP contribution is 2.28. The molecule has 2 saturated heterocycles. The Bertz CT molecular complexity index is 825. The van der Waals surface area contributed by atoms with Crippen LogP contribution in [-0.2, 0) is 24.6 Å². The van der Waals surface area contributed by atoms with E-state index in [2.05, 4.69) is 13.8 Å². The average Bonchev–Trinajstić information content (AvgIpc) is 3.21. The Morgan fingerprint density at radius 2 is 1.88 bits per heavy atom. The summed E-state index contributed by atoms with van der Waals surface area (Å²) in [5, 5.41) is 0. The minimum Gasteiger partial charge on any atom is -0.377 e. The van der Waals surface area contributed by atoms with Crippen molar-refractivity contribution in [3.8, 4) is 0 Å². The Hall–Kier alpha value is -0.960. The largest absolute Gasteiger partial charge is 0.377 e. The van der Waals surface area contributed by atoms with Crippen molar-refractivity contribution in [1.29, 1.82) is 0 Å². The molecule has 0 aliphatic carbocycles. The van der Waals surface area contributed by atoms with E-state index < -0.39 is 25.9 Å². The second kappa shape index (κ2) is 7.58. The summed E-state index contributed by atoms with van der Waals surface area (Å²) in [6.45, 7) is 4.95. The Labute approximate surface area is 156 Å². The molecule has 1 aromatic rings. The van der Waals surface area contributed by atoms with E-state index in [1.807, 2.05) is 12.1 Å². The molecule has 3 rings (SSSR count). The summed E-state index contributed by atoms with van der Waals surface area (Å²) in [5.74, 6) is 0.250. The van der Waals surface area contributed by atoms with Gasteiger partial charge in [-0.05, 0) is 42.9 Å². The Balaban J connectivity index is 1.90. The van der Waals surface area contributed by atoms with Gasteiger partial charge in [0, 0.05) is 19.2 Å². The molecule has 0 amide bonds. The van der Waals surface area contributed by atoms with Crippen LogP contribution in [0.3, 0.4) is 0 Å². The van der Waals surface area contributed by atoms with Crippen LogP contribution in [0.2, 0.25) is 0 Å².